The molecule has 1 aliphatic rings. The Morgan fingerprint density at radius 1 is 1.50 bits per heavy atom. The minimum absolute atomic E-state index is 0.0108. The van der Waals surface area contributed by atoms with Crippen molar-refractivity contribution in [2.24, 2.45) is 5.92 Å². The van der Waals surface area contributed by atoms with Gasteiger partial charge < -0.3 is 4.90 Å². The lowest BCUT2D eigenvalue weighted by Gasteiger charge is -2.18. The molecule has 20 heavy (non-hydrogen) atoms. The van der Waals surface area contributed by atoms with Crippen LogP contribution in [0.4, 0.5) is 10.1 Å². The van der Waals surface area contributed by atoms with Crippen molar-refractivity contribution in [3.63, 3.8) is 0 Å². The first kappa shape index (κ1) is 15.6. The van der Waals surface area contributed by atoms with E-state index >= 15 is 0 Å². The van der Waals surface area contributed by atoms with Crippen LogP contribution in [0.5, 0.6) is 0 Å². The van der Waals surface area contributed by atoms with E-state index in [9.17, 15) is 14.0 Å². The lowest BCUT2D eigenvalue weighted by molar-refractivity contribution is -0.117. The minimum Gasteiger partial charge on any atom is -0.309 e. The molecule has 1 unspecified atom stereocenters. The second kappa shape index (κ2) is 6.33. The summed E-state index contributed by atoms with van der Waals surface area (Å²) in [6, 6.07) is 2.91. The van der Waals surface area contributed by atoms with Crippen molar-refractivity contribution < 1.29 is 14.0 Å². The molecule has 0 radical (unpaired) electrons. The first-order valence-electron chi connectivity index (χ1n) is 5.97. The highest BCUT2D eigenvalue weighted by Crippen LogP contribution is 2.35. The Kier molecular flexibility index (Phi) is 4.94. The molecule has 2 rings (SSSR count). The summed E-state index contributed by atoms with van der Waals surface area (Å²) in [5.74, 6) is -0.269. The van der Waals surface area contributed by atoms with Gasteiger partial charge in [-0.05, 0) is 18.1 Å². The van der Waals surface area contributed by atoms with E-state index in [1.807, 2.05) is 0 Å². The second-order valence-corrected chi connectivity index (χ2v) is 6.55. The van der Waals surface area contributed by atoms with Crippen LogP contribution in [0, 0.1) is 11.7 Å². The van der Waals surface area contributed by atoms with Crippen LogP contribution in [-0.2, 0) is 9.59 Å². The maximum absolute atomic E-state index is 14.1. The van der Waals surface area contributed by atoms with Crippen LogP contribution >= 0.6 is 35.0 Å². The Morgan fingerprint density at radius 3 is 2.85 bits per heavy atom. The summed E-state index contributed by atoms with van der Waals surface area (Å²) in [4.78, 5) is 24.3. The topological polar surface area (TPSA) is 37.4 Å². The molecule has 1 aromatic carbocycles. The average Bonchev–Trinajstić information content (AvgIpc) is 2.75. The molecule has 1 atom stereocenters. The van der Waals surface area contributed by atoms with Crippen LogP contribution in [0.2, 0.25) is 10.0 Å². The van der Waals surface area contributed by atoms with Gasteiger partial charge in [0.05, 0.1) is 15.7 Å². The van der Waals surface area contributed by atoms with Crippen molar-refractivity contribution in [1.82, 2.24) is 0 Å². The number of rotatable bonds is 3. The third-order valence-corrected chi connectivity index (χ3v) is 4.86. The third kappa shape index (κ3) is 3.27. The normalized spacial score (nSPS) is 18.7. The summed E-state index contributed by atoms with van der Waals surface area (Å²) in [5.41, 5.74) is 0.139. The molecule has 1 aliphatic heterocycles. The molecule has 1 fully saturated rings. The van der Waals surface area contributed by atoms with Crippen LogP contribution in [0.15, 0.2) is 12.1 Å². The average molecular weight is 336 g/mol. The van der Waals surface area contributed by atoms with E-state index < -0.39 is 5.82 Å². The first-order chi connectivity index (χ1) is 9.40. The van der Waals surface area contributed by atoms with Gasteiger partial charge in [-0.1, -0.05) is 35.0 Å². The molecule has 108 valence electrons. The molecule has 0 aromatic heterocycles. The second-order valence-electron chi connectivity index (χ2n) is 4.57. The molecule has 0 bridgehead atoms. The maximum Gasteiger partial charge on any atom is 0.227 e. The minimum atomic E-state index is -0.688. The molecule has 1 aromatic rings. The number of hydrogen-bond donors (Lipinski definition) is 0. The van der Waals surface area contributed by atoms with E-state index in [1.165, 1.54) is 35.7 Å². The van der Waals surface area contributed by atoms with Crippen LogP contribution in [0.3, 0.4) is 0 Å². The van der Waals surface area contributed by atoms with Gasteiger partial charge in [0.2, 0.25) is 5.91 Å². The van der Waals surface area contributed by atoms with E-state index in [0.717, 1.165) is 0 Å². The fourth-order valence-corrected chi connectivity index (χ4v) is 3.08. The Balaban J connectivity index is 2.16. The highest BCUT2D eigenvalue weighted by atomic mass is 35.5. The molecular weight excluding hydrogens is 324 g/mol. The van der Waals surface area contributed by atoms with E-state index in [-0.39, 0.29) is 32.7 Å². The lowest BCUT2D eigenvalue weighted by atomic mass is 10.1. The van der Waals surface area contributed by atoms with Crippen LogP contribution in [0.1, 0.15) is 13.3 Å². The quantitative estimate of drug-likeness (QED) is 0.789. The number of anilines is 1. The van der Waals surface area contributed by atoms with Gasteiger partial charge in [-0.3, -0.25) is 9.59 Å². The van der Waals surface area contributed by atoms with Gasteiger partial charge in [0.15, 0.2) is 10.9 Å². The molecule has 1 heterocycles. The molecule has 1 amide bonds. The number of amides is 1. The van der Waals surface area contributed by atoms with E-state index in [1.54, 1.807) is 0 Å². The van der Waals surface area contributed by atoms with Crippen molar-refractivity contribution in [2.75, 3.05) is 17.2 Å². The number of carbonyl (C=O) groups is 2. The molecule has 0 saturated carbocycles. The van der Waals surface area contributed by atoms with Crippen molar-refractivity contribution in [3.05, 3.63) is 28.0 Å². The zero-order valence-corrected chi connectivity index (χ0v) is 13.0. The van der Waals surface area contributed by atoms with E-state index in [4.69, 9.17) is 23.2 Å². The maximum atomic E-state index is 14.1. The monoisotopic (exact) mass is 335 g/mol. The van der Waals surface area contributed by atoms with Gasteiger partial charge >= 0.3 is 0 Å². The molecule has 1 saturated heterocycles. The lowest BCUT2D eigenvalue weighted by Crippen LogP contribution is -2.25. The van der Waals surface area contributed by atoms with Gasteiger partial charge in [-0.15, -0.1) is 0 Å². The number of carbonyl (C=O) groups excluding carboxylic acids is 2. The van der Waals surface area contributed by atoms with Gasteiger partial charge in [-0.2, -0.15) is 0 Å². The zero-order chi connectivity index (χ0) is 14.9. The number of benzene rings is 1. The SMILES string of the molecule is CC(=O)SCC1CC(=O)N(c2ccc(Cl)c(Cl)c2F)C1. The highest BCUT2D eigenvalue weighted by Gasteiger charge is 2.32. The van der Waals surface area contributed by atoms with Crippen molar-refractivity contribution in [1.29, 1.82) is 0 Å². The molecule has 0 aliphatic carbocycles. The van der Waals surface area contributed by atoms with Crippen LogP contribution in [-0.4, -0.2) is 23.3 Å². The third-order valence-electron chi connectivity index (χ3n) is 3.03. The Bertz CT molecular complexity index is 568. The summed E-state index contributed by atoms with van der Waals surface area (Å²) in [6.45, 7) is 1.87. The summed E-state index contributed by atoms with van der Waals surface area (Å²) in [5, 5.41) is -0.0570. The Morgan fingerprint density at radius 2 is 2.20 bits per heavy atom. The summed E-state index contributed by atoms with van der Waals surface area (Å²) in [7, 11) is 0. The fourth-order valence-electron chi connectivity index (χ4n) is 2.09. The predicted octanol–water partition coefficient (Wildman–Crippen LogP) is 3.77. The van der Waals surface area contributed by atoms with E-state index in [0.29, 0.717) is 18.7 Å². The first-order valence-corrected chi connectivity index (χ1v) is 7.71. The standard InChI is InChI=1S/C13H12Cl2FNO2S/c1-7(18)20-6-8-4-11(19)17(5-8)10-3-2-9(14)12(15)13(10)16/h2-3,8H,4-6H2,1H3. The molecular formula is C13H12Cl2FNO2S. The number of halogens is 3. The Labute approximate surface area is 130 Å². The van der Waals surface area contributed by atoms with Gasteiger partial charge in [0.25, 0.3) is 0 Å². The van der Waals surface area contributed by atoms with Gasteiger partial charge in [0.1, 0.15) is 0 Å². The summed E-state index contributed by atoms with van der Waals surface area (Å²) >= 11 is 12.7. The van der Waals surface area contributed by atoms with Crippen molar-refractivity contribution in [3.8, 4) is 0 Å². The van der Waals surface area contributed by atoms with Crippen molar-refractivity contribution >= 4 is 51.7 Å². The zero-order valence-electron chi connectivity index (χ0n) is 10.7. The number of nitrogens with zero attached hydrogens (tertiary/aromatic N) is 1. The molecule has 0 spiro atoms. The van der Waals surface area contributed by atoms with Gasteiger partial charge in [-0.25, -0.2) is 4.39 Å². The smallest absolute Gasteiger partial charge is 0.227 e. The summed E-state index contributed by atoms with van der Waals surface area (Å²) in [6.07, 6.45) is 0.306. The fraction of sp³-hybridized carbons (Fsp3) is 0.385. The predicted molar refractivity (Wildman–Crippen MR) is 80.0 cm³/mol. The van der Waals surface area contributed by atoms with E-state index in [2.05, 4.69) is 0 Å². The molecule has 3 nitrogen and oxygen atoms in total. The largest absolute Gasteiger partial charge is 0.309 e. The van der Waals surface area contributed by atoms with Crippen LogP contribution < -0.4 is 4.90 Å². The number of hydrogen-bond acceptors (Lipinski definition) is 3. The molecule has 7 heteroatoms. The van der Waals surface area contributed by atoms with Crippen LogP contribution in [0.25, 0.3) is 0 Å². The highest BCUT2D eigenvalue weighted by molar-refractivity contribution is 8.13. The Hall–Kier alpha value is -0.780. The van der Waals surface area contributed by atoms with Gasteiger partial charge in [0, 0.05) is 25.6 Å². The number of thioether (sulfide) groups is 1. The summed E-state index contributed by atoms with van der Waals surface area (Å²) < 4.78 is 14.1. The van der Waals surface area contributed by atoms with Crippen molar-refractivity contribution in [2.45, 2.75) is 13.3 Å². The molecule has 0 N–H and O–H groups in total.